The van der Waals surface area contributed by atoms with Crippen LogP contribution in [0.15, 0.2) is 66.7 Å². The summed E-state index contributed by atoms with van der Waals surface area (Å²) in [5.74, 6) is 0.101. The van der Waals surface area contributed by atoms with Crippen LogP contribution in [-0.2, 0) is 20.9 Å². The lowest BCUT2D eigenvalue weighted by atomic mass is 9.74. The largest absolute Gasteiger partial charge is 0.463 e. The molecule has 0 bridgehead atoms. The van der Waals surface area contributed by atoms with Crippen LogP contribution >= 0.6 is 0 Å². The van der Waals surface area contributed by atoms with Gasteiger partial charge in [0, 0.05) is 18.0 Å². The second kappa shape index (κ2) is 11.3. The van der Waals surface area contributed by atoms with Crippen molar-refractivity contribution in [3.8, 4) is 0 Å². The minimum absolute atomic E-state index is 0.0155. The van der Waals surface area contributed by atoms with Crippen molar-refractivity contribution < 1.29 is 19.1 Å². The van der Waals surface area contributed by atoms with Gasteiger partial charge < -0.3 is 14.8 Å². The van der Waals surface area contributed by atoms with Crippen molar-refractivity contribution in [3.05, 3.63) is 83.4 Å². The number of allylic oxidation sites excluding steroid dienone is 1. The van der Waals surface area contributed by atoms with Gasteiger partial charge >= 0.3 is 12.1 Å². The molecule has 0 saturated heterocycles. The molecule has 3 rings (SSSR count). The molecule has 1 N–H and O–H groups in total. The number of hydrogen-bond donors (Lipinski definition) is 1. The summed E-state index contributed by atoms with van der Waals surface area (Å²) in [6, 6.07) is 18.1. The summed E-state index contributed by atoms with van der Waals surface area (Å²) in [5, 5.41) is 3.08. The summed E-state index contributed by atoms with van der Waals surface area (Å²) in [6.45, 7) is 4.48. The molecule has 1 amide bonds. The van der Waals surface area contributed by atoms with E-state index >= 15 is 0 Å². The lowest BCUT2D eigenvalue weighted by molar-refractivity contribution is -0.137. The number of carbonyl (C=O) groups excluding carboxylic acids is 2. The Hall–Kier alpha value is -3.08. The highest BCUT2D eigenvalue weighted by molar-refractivity contribution is 5.81. The SMILES string of the molecule is CCOC(=O)/C=C/C1CC[C@@H](NC(=O)OCc2ccccc2)[C@H](c2ccc(C)cc2)C1. The minimum Gasteiger partial charge on any atom is -0.463 e. The second-order valence-electron chi connectivity index (χ2n) is 8.01. The molecule has 0 aromatic heterocycles. The van der Waals surface area contributed by atoms with Gasteiger partial charge in [0.2, 0.25) is 0 Å². The van der Waals surface area contributed by atoms with Crippen molar-refractivity contribution >= 4 is 12.1 Å². The summed E-state index contributed by atoms with van der Waals surface area (Å²) in [6.07, 6.45) is 5.64. The summed E-state index contributed by atoms with van der Waals surface area (Å²) in [5.41, 5.74) is 3.35. The molecule has 2 aromatic carbocycles. The number of amides is 1. The van der Waals surface area contributed by atoms with E-state index in [9.17, 15) is 9.59 Å². The number of rotatable bonds is 7. The third kappa shape index (κ3) is 6.99. The number of hydrogen-bond acceptors (Lipinski definition) is 4. The first-order valence-electron chi connectivity index (χ1n) is 10.9. The fourth-order valence-corrected chi connectivity index (χ4v) is 4.05. The number of aryl methyl sites for hydroxylation is 1. The smallest absolute Gasteiger partial charge is 0.407 e. The molecule has 0 spiro atoms. The van der Waals surface area contributed by atoms with Crippen molar-refractivity contribution in [2.75, 3.05) is 6.61 Å². The van der Waals surface area contributed by atoms with Crippen molar-refractivity contribution in [2.45, 2.75) is 51.7 Å². The van der Waals surface area contributed by atoms with E-state index in [0.717, 1.165) is 24.8 Å². The summed E-state index contributed by atoms with van der Waals surface area (Å²) < 4.78 is 10.4. The van der Waals surface area contributed by atoms with E-state index in [2.05, 4.69) is 36.5 Å². The predicted molar refractivity (Wildman–Crippen MR) is 121 cm³/mol. The molecular formula is C26H31NO4. The molecule has 1 aliphatic rings. The van der Waals surface area contributed by atoms with Crippen LogP contribution in [0.25, 0.3) is 0 Å². The number of benzene rings is 2. The van der Waals surface area contributed by atoms with Gasteiger partial charge in [-0.05, 0) is 50.2 Å². The molecule has 1 aliphatic carbocycles. The normalized spacial score (nSPS) is 20.9. The molecule has 5 nitrogen and oxygen atoms in total. The average molecular weight is 422 g/mol. The zero-order valence-electron chi connectivity index (χ0n) is 18.3. The molecule has 5 heteroatoms. The molecule has 0 aliphatic heterocycles. The molecular weight excluding hydrogens is 390 g/mol. The molecule has 3 atom stereocenters. The quantitative estimate of drug-likeness (QED) is 0.487. The maximum Gasteiger partial charge on any atom is 0.407 e. The van der Waals surface area contributed by atoms with E-state index in [1.54, 1.807) is 6.92 Å². The van der Waals surface area contributed by atoms with Crippen molar-refractivity contribution in [1.29, 1.82) is 0 Å². The lowest BCUT2D eigenvalue weighted by Gasteiger charge is -2.36. The highest BCUT2D eigenvalue weighted by Crippen LogP contribution is 2.37. The first-order valence-corrected chi connectivity index (χ1v) is 10.9. The highest BCUT2D eigenvalue weighted by Gasteiger charge is 2.32. The minimum atomic E-state index is -0.397. The fraction of sp³-hybridized carbons (Fsp3) is 0.385. The van der Waals surface area contributed by atoms with Gasteiger partial charge in [-0.3, -0.25) is 0 Å². The number of carbonyl (C=O) groups is 2. The number of alkyl carbamates (subject to hydrolysis) is 1. The van der Waals surface area contributed by atoms with Gasteiger partial charge in [-0.2, -0.15) is 0 Å². The molecule has 0 heterocycles. The Balaban J connectivity index is 1.65. The topological polar surface area (TPSA) is 64.6 Å². The Labute approximate surface area is 184 Å². The molecule has 164 valence electrons. The Kier molecular flexibility index (Phi) is 8.27. The van der Waals surface area contributed by atoms with Crippen LogP contribution in [0.4, 0.5) is 4.79 Å². The van der Waals surface area contributed by atoms with E-state index in [1.165, 1.54) is 17.2 Å². The maximum atomic E-state index is 12.5. The molecule has 1 saturated carbocycles. The first-order chi connectivity index (χ1) is 15.0. The molecule has 31 heavy (non-hydrogen) atoms. The Morgan fingerprint density at radius 3 is 2.48 bits per heavy atom. The van der Waals surface area contributed by atoms with Gasteiger partial charge in [-0.25, -0.2) is 9.59 Å². The zero-order chi connectivity index (χ0) is 22.1. The maximum absolute atomic E-state index is 12.5. The fourth-order valence-electron chi connectivity index (χ4n) is 4.05. The average Bonchev–Trinajstić information content (AvgIpc) is 2.78. The highest BCUT2D eigenvalue weighted by atomic mass is 16.5. The van der Waals surface area contributed by atoms with Crippen LogP contribution in [0.3, 0.4) is 0 Å². The van der Waals surface area contributed by atoms with Crippen molar-refractivity contribution in [1.82, 2.24) is 5.32 Å². The number of nitrogens with one attached hydrogen (secondary N) is 1. The van der Waals surface area contributed by atoms with Crippen LogP contribution < -0.4 is 5.32 Å². The van der Waals surface area contributed by atoms with Gasteiger partial charge in [-0.1, -0.05) is 66.2 Å². The summed E-state index contributed by atoms with van der Waals surface area (Å²) >= 11 is 0. The van der Waals surface area contributed by atoms with Crippen LogP contribution in [-0.4, -0.2) is 24.7 Å². The molecule has 1 fully saturated rings. The van der Waals surface area contributed by atoms with Crippen molar-refractivity contribution in [2.24, 2.45) is 5.92 Å². The van der Waals surface area contributed by atoms with E-state index in [0.29, 0.717) is 6.61 Å². The summed E-state index contributed by atoms with van der Waals surface area (Å²) in [7, 11) is 0. The Bertz CT molecular complexity index is 876. The van der Waals surface area contributed by atoms with E-state index in [-0.39, 0.29) is 30.5 Å². The monoisotopic (exact) mass is 421 g/mol. The second-order valence-corrected chi connectivity index (χ2v) is 8.01. The Morgan fingerprint density at radius 2 is 1.77 bits per heavy atom. The van der Waals surface area contributed by atoms with Crippen molar-refractivity contribution in [3.63, 3.8) is 0 Å². The third-order valence-electron chi connectivity index (χ3n) is 5.70. The standard InChI is InChI=1S/C26H31NO4/c1-3-30-25(28)16-12-20-11-15-24(23(17-20)22-13-9-19(2)10-14-22)27-26(29)31-18-21-7-5-4-6-8-21/h4-10,12-14,16,20,23-24H,3,11,15,17-18H2,1-2H3,(H,27,29)/b16-12+/t20?,23-,24+/m0/s1. The van der Waals surface area contributed by atoms with Crippen LogP contribution in [0.5, 0.6) is 0 Å². The van der Waals surface area contributed by atoms with Gasteiger partial charge in [0.1, 0.15) is 6.61 Å². The summed E-state index contributed by atoms with van der Waals surface area (Å²) in [4.78, 5) is 24.2. The molecule has 2 aromatic rings. The third-order valence-corrected chi connectivity index (χ3v) is 5.70. The molecule has 0 radical (unpaired) electrons. The van der Waals surface area contributed by atoms with Gasteiger partial charge in [0.25, 0.3) is 0 Å². The number of ether oxygens (including phenoxy) is 2. The number of esters is 1. The lowest BCUT2D eigenvalue weighted by Crippen LogP contribution is -2.42. The van der Waals surface area contributed by atoms with E-state index < -0.39 is 6.09 Å². The van der Waals surface area contributed by atoms with Crippen LogP contribution in [0.2, 0.25) is 0 Å². The van der Waals surface area contributed by atoms with Gasteiger partial charge in [0.05, 0.1) is 6.61 Å². The predicted octanol–water partition coefficient (Wildman–Crippen LogP) is 5.29. The molecule has 1 unspecified atom stereocenters. The van der Waals surface area contributed by atoms with Gasteiger partial charge in [-0.15, -0.1) is 0 Å². The first kappa shape index (κ1) is 22.6. The zero-order valence-corrected chi connectivity index (χ0v) is 18.3. The van der Waals surface area contributed by atoms with Crippen LogP contribution in [0, 0.1) is 12.8 Å². The Morgan fingerprint density at radius 1 is 1.03 bits per heavy atom. The van der Waals surface area contributed by atoms with E-state index in [1.807, 2.05) is 36.4 Å². The van der Waals surface area contributed by atoms with Gasteiger partial charge in [0.15, 0.2) is 0 Å². The van der Waals surface area contributed by atoms with Crippen LogP contribution in [0.1, 0.15) is 48.8 Å². The van der Waals surface area contributed by atoms with E-state index in [4.69, 9.17) is 9.47 Å².